The van der Waals surface area contributed by atoms with Gasteiger partial charge in [0, 0.05) is 25.3 Å². The van der Waals surface area contributed by atoms with Gasteiger partial charge >= 0.3 is 5.97 Å². The highest BCUT2D eigenvalue weighted by Gasteiger charge is 2.25. The standard InChI is InChI=1S/C24H29N3O4/c1-3-21-16-31-11-10-27(21)23-9-6-18(19(15-30-2)13-24(28)29)12-22(23)26-20-7-4-17(14-25)5-8-20/h4-9,12,19,21,26H,3,10-11,13,15-16H2,1-2H3,(H,28,29)/t19-,21?/m1/s1. The SMILES string of the molecule is CCC1COCCN1c1ccc([C@@H](COC)CC(=O)O)cc1Nc1ccc(C#N)cc1. The van der Waals surface area contributed by atoms with Gasteiger partial charge in [-0.2, -0.15) is 5.26 Å². The first kappa shape index (κ1) is 22.6. The fourth-order valence-corrected chi connectivity index (χ4v) is 3.94. The van der Waals surface area contributed by atoms with Crippen LogP contribution < -0.4 is 10.2 Å². The van der Waals surface area contributed by atoms with Gasteiger partial charge in [-0.15, -0.1) is 0 Å². The Morgan fingerprint density at radius 2 is 2.13 bits per heavy atom. The first-order valence-corrected chi connectivity index (χ1v) is 10.5. The summed E-state index contributed by atoms with van der Waals surface area (Å²) in [5, 5.41) is 21.9. The fourth-order valence-electron chi connectivity index (χ4n) is 3.94. The molecule has 0 saturated carbocycles. The number of ether oxygens (including phenoxy) is 2. The second-order valence-corrected chi connectivity index (χ2v) is 7.67. The minimum absolute atomic E-state index is 0.00136. The van der Waals surface area contributed by atoms with Gasteiger partial charge in [0.05, 0.1) is 55.3 Å². The molecule has 2 aromatic carbocycles. The molecule has 2 N–H and O–H groups in total. The molecule has 1 aliphatic heterocycles. The van der Waals surface area contributed by atoms with E-state index in [0.29, 0.717) is 25.4 Å². The lowest BCUT2D eigenvalue weighted by Crippen LogP contribution is -2.45. The van der Waals surface area contributed by atoms with Crippen LogP contribution in [0.2, 0.25) is 0 Å². The number of hydrogen-bond acceptors (Lipinski definition) is 6. The molecule has 2 aromatic rings. The Kier molecular flexibility index (Phi) is 7.88. The second kappa shape index (κ2) is 10.8. The van der Waals surface area contributed by atoms with E-state index in [1.165, 1.54) is 0 Å². The van der Waals surface area contributed by atoms with E-state index in [2.05, 4.69) is 29.3 Å². The highest BCUT2D eigenvalue weighted by atomic mass is 16.5. The Balaban J connectivity index is 2.00. The molecule has 0 aromatic heterocycles. The molecular formula is C24H29N3O4. The van der Waals surface area contributed by atoms with E-state index in [1.807, 2.05) is 24.3 Å². The predicted molar refractivity (Wildman–Crippen MR) is 120 cm³/mol. The highest BCUT2D eigenvalue weighted by molar-refractivity contribution is 5.77. The summed E-state index contributed by atoms with van der Waals surface area (Å²) in [5.74, 6) is -1.10. The van der Waals surface area contributed by atoms with Gasteiger partial charge in [0.25, 0.3) is 0 Å². The van der Waals surface area contributed by atoms with E-state index in [4.69, 9.17) is 14.7 Å². The molecule has 0 spiro atoms. The highest BCUT2D eigenvalue weighted by Crippen LogP contribution is 2.35. The average Bonchev–Trinajstić information content (AvgIpc) is 2.79. The summed E-state index contributed by atoms with van der Waals surface area (Å²) in [5.41, 5.74) is 4.31. The number of morpholine rings is 1. The Labute approximate surface area is 183 Å². The van der Waals surface area contributed by atoms with Crippen molar-refractivity contribution in [2.45, 2.75) is 31.7 Å². The quantitative estimate of drug-likeness (QED) is 0.626. The van der Waals surface area contributed by atoms with Crippen LogP contribution in [0, 0.1) is 11.3 Å². The third kappa shape index (κ3) is 5.75. The predicted octanol–water partition coefficient (Wildman–Crippen LogP) is 4.12. The van der Waals surface area contributed by atoms with Crippen molar-refractivity contribution < 1.29 is 19.4 Å². The molecule has 31 heavy (non-hydrogen) atoms. The van der Waals surface area contributed by atoms with Crippen LogP contribution in [0.3, 0.4) is 0 Å². The van der Waals surface area contributed by atoms with E-state index in [-0.39, 0.29) is 18.4 Å². The Morgan fingerprint density at radius 3 is 2.77 bits per heavy atom. The van der Waals surface area contributed by atoms with Gasteiger partial charge in [0.1, 0.15) is 0 Å². The number of carboxylic acid groups (broad SMARTS) is 1. The monoisotopic (exact) mass is 423 g/mol. The van der Waals surface area contributed by atoms with Crippen molar-refractivity contribution in [1.82, 2.24) is 0 Å². The van der Waals surface area contributed by atoms with Crippen LogP contribution in [0.5, 0.6) is 0 Å². The van der Waals surface area contributed by atoms with Gasteiger partial charge in [-0.1, -0.05) is 13.0 Å². The van der Waals surface area contributed by atoms with Crippen molar-refractivity contribution in [3.63, 3.8) is 0 Å². The maximum absolute atomic E-state index is 11.4. The van der Waals surface area contributed by atoms with Gasteiger partial charge < -0.3 is 24.8 Å². The minimum Gasteiger partial charge on any atom is -0.481 e. The summed E-state index contributed by atoms with van der Waals surface area (Å²) in [4.78, 5) is 13.7. The molecule has 7 heteroatoms. The van der Waals surface area contributed by atoms with E-state index < -0.39 is 5.97 Å². The average molecular weight is 424 g/mol. The van der Waals surface area contributed by atoms with Crippen LogP contribution in [0.25, 0.3) is 0 Å². The lowest BCUT2D eigenvalue weighted by atomic mass is 9.95. The number of rotatable bonds is 9. The van der Waals surface area contributed by atoms with Gasteiger partial charge in [-0.25, -0.2) is 0 Å². The largest absolute Gasteiger partial charge is 0.481 e. The van der Waals surface area contributed by atoms with Crippen LogP contribution in [-0.4, -0.2) is 50.6 Å². The fraction of sp³-hybridized carbons (Fsp3) is 0.417. The zero-order valence-electron chi connectivity index (χ0n) is 18.0. The maximum Gasteiger partial charge on any atom is 0.304 e. The molecule has 0 radical (unpaired) electrons. The summed E-state index contributed by atoms with van der Waals surface area (Å²) in [6, 6.07) is 15.8. The molecule has 0 amide bonds. The van der Waals surface area contributed by atoms with Crippen LogP contribution >= 0.6 is 0 Å². The summed E-state index contributed by atoms with van der Waals surface area (Å²) in [7, 11) is 1.58. The van der Waals surface area contributed by atoms with Crippen molar-refractivity contribution in [3.05, 3.63) is 53.6 Å². The van der Waals surface area contributed by atoms with E-state index in [1.54, 1.807) is 19.2 Å². The molecule has 1 fully saturated rings. The first-order chi connectivity index (χ1) is 15.0. The molecule has 1 heterocycles. The molecule has 3 rings (SSSR count). The number of carboxylic acids is 1. The summed E-state index contributed by atoms with van der Waals surface area (Å²) < 4.78 is 11.0. The van der Waals surface area contributed by atoms with Gasteiger partial charge in [0.15, 0.2) is 0 Å². The normalized spacial score (nSPS) is 17.1. The first-order valence-electron chi connectivity index (χ1n) is 10.5. The van der Waals surface area contributed by atoms with Crippen LogP contribution in [-0.2, 0) is 14.3 Å². The summed E-state index contributed by atoms with van der Waals surface area (Å²) in [6.45, 7) is 4.61. The molecule has 1 saturated heterocycles. The van der Waals surface area contributed by atoms with Gasteiger partial charge in [-0.05, 0) is 48.4 Å². The number of benzene rings is 2. The zero-order chi connectivity index (χ0) is 22.2. The molecule has 2 atom stereocenters. The lowest BCUT2D eigenvalue weighted by Gasteiger charge is -2.38. The third-order valence-corrected chi connectivity index (χ3v) is 5.58. The molecule has 1 aliphatic rings. The van der Waals surface area contributed by atoms with Crippen molar-refractivity contribution in [1.29, 1.82) is 5.26 Å². The number of nitrogens with one attached hydrogen (secondary N) is 1. The number of carbonyl (C=O) groups is 1. The topological polar surface area (TPSA) is 94.8 Å². The number of hydrogen-bond donors (Lipinski definition) is 2. The van der Waals surface area contributed by atoms with E-state index >= 15 is 0 Å². The molecule has 164 valence electrons. The van der Waals surface area contributed by atoms with Crippen molar-refractivity contribution >= 4 is 23.0 Å². The van der Waals surface area contributed by atoms with Crippen LogP contribution in [0.15, 0.2) is 42.5 Å². The Bertz CT molecular complexity index is 923. The Hall–Kier alpha value is -3.08. The minimum atomic E-state index is -0.855. The van der Waals surface area contributed by atoms with Crippen molar-refractivity contribution in [2.24, 2.45) is 0 Å². The third-order valence-electron chi connectivity index (χ3n) is 5.58. The molecule has 0 bridgehead atoms. The van der Waals surface area contributed by atoms with E-state index in [9.17, 15) is 9.90 Å². The van der Waals surface area contributed by atoms with Gasteiger partial charge in [0.2, 0.25) is 0 Å². The van der Waals surface area contributed by atoms with Crippen LogP contribution in [0.1, 0.15) is 36.8 Å². The van der Waals surface area contributed by atoms with Crippen molar-refractivity contribution in [3.8, 4) is 6.07 Å². The summed E-state index contributed by atoms with van der Waals surface area (Å²) in [6.07, 6.45) is 0.960. The molecule has 7 nitrogen and oxygen atoms in total. The van der Waals surface area contributed by atoms with Crippen molar-refractivity contribution in [2.75, 3.05) is 43.7 Å². The number of nitriles is 1. The number of anilines is 3. The molecular weight excluding hydrogens is 394 g/mol. The number of methoxy groups -OCH3 is 1. The smallest absolute Gasteiger partial charge is 0.304 e. The Morgan fingerprint density at radius 1 is 1.35 bits per heavy atom. The number of nitrogens with zero attached hydrogens (tertiary/aromatic N) is 2. The van der Waals surface area contributed by atoms with Gasteiger partial charge in [-0.3, -0.25) is 4.79 Å². The zero-order valence-corrected chi connectivity index (χ0v) is 18.0. The summed E-state index contributed by atoms with van der Waals surface area (Å²) >= 11 is 0. The number of aliphatic carboxylic acids is 1. The van der Waals surface area contributed by atoms with E-state index in [0.717, 1.165) is 35.6 Å². The molecule has 0 aliphatic carbocycles. The maximum atomic E-state index is 11.4. The second-order valence-electron chi connectivity index (χ2n) is 7.67. The van der Waals surface area contributed by atoms with Crippen LogP contribution in [0.4, 0.5) is 17.1 Å². The molecule has 1 unspecified atom stereocenters. The lowest BCUT2D eigenvalue weighted by molar-refractivity contribution is -0.137.